The molecule has 3 heteroatoms. The van der Waals surface area contributed by atoms with E-state index in [0.717, 1.165) is 12.5 Å². The van der Waals surface area contributed by atoms with Crippen molar-refractivity contribution in [2.75, 3.05) is 5.75 Å². The first kappa shape index (κ1) is 12.5. The van der Waals surface area contributed by atoms with Crippen LogP contribution in [0, 0.1) is 5.92 Å². The van der Waals surface area contributed by atoms with Gasteiger partial charge in [0.2, 0.25) is 0 Å². The number of hydrogen-bond acceptors (Lipinski definition) is 2. The largest absolute Gasteiger partial charge is 0.353 e. The lowest BCUT2D eigenvalue weighted by atomic mass is 10.0. The van der Waals surface area contributed by atoms with E-state index in [1.165, 1.54) is 34.6 Å². The first-order valence-corrected chi connectivity index (χ1v) is 8.43. The van der Waals surface area contributed by atoms with Crippen LogP contribution in [0.1, 0.15) is 35.9 Å². The van der Waals surface area contributed by atoms with Crippen LogP contribution in [0.15, 0.2) is 47.6 Å². The summed E-state index contributed by atoms with van der Waals surface area (Å²) in [6.45, 7) is 1.07. The fourth-order valence-electron chi connectivity index (χ4n) is 3.13. The van der Waals surface area contributed by atoms with Gasteiger partial charge in [0.05, 0.1) is 0 Å². The van der Waals surface area contributed by atoms with E-state index < -0.39 is 0 Å². The van der Waals surface area contributed by atoms with E-state index in [4.69, 9.17) is 5.73 Å². The van der Waals surface area contributed by atoms with E-state index in [-0.39, 0.29) is 6.04 Å². The summed E-state index contributed by atoms with van der Waals surface area (Å²) in [5.41, 5.74) is 9.11. The molecule has 0 radical (unpaired) electrons. The predicted molar refractivity (Wildman–Crippen MR) is 84.0 cm³/mol. The molecule has 0 saturated heterocycles. The molecule has 1 saturated carbocycles. The molecule has 0 amide bonds. The Labute approximate surface area is 124 Å². The molecule has 2 unspecified atom stereocenters. The molecule has 0 spiro atoms. The van der Waals surface area contributed by atoms with E-state index in [0.29, 0.717) is 5.92 Å². The third-order valence-electron chi connectivity index (χ3n) is 4.52. The second-order valence-electron chi connectivity index (χ2n) is 6.05. The summed E-state index contributed by atoms with van der Waals surface area (Å²) >= 11 is 1.99. The van der Waals surface area contributed by atoms with E-state index >= 15 is 0 Å². The number of hydrogen-bond donors (Lipinski definition) is 1. The Bertz CT molecular complexity index is 615. The summed E-state index contributed by atoms with van der Waals surface area (Å²) in [7, 11) is 0. The highest BCUT2D eigenvalue weighted by Gasteiger charge is 2.30. The number of thioether (sulfide) groups is 1. The quantitative estimate of drug-likeness (QED) is 0.926. The van der Waals surface area contributed by atoms with Gasteiger partial charge in [-0.2, -0.15) is 0 Å². The average molecular weight is 284 g/mol. The molecule has 1 fully saturated rings. The Morgan fingerprint density at radius 3 is 2.95 bits per heavy atom. The van der Waals surface area contributed by atoms with Gasteiger partial charge < -0.3 is 10.3 Å². The Morgan fingerprint density at radius 2 is 2.10 bits per heavy atom. The van der Waals surface area contributed by atoms with Gasteiger partial charge in [0.25, 0.3) is 0 Å². The summed E-state index contributed by atoms with van der Waals surface area (Å²) in [6.07, 6.45) is 7.07. The molecule has 2 N–H and O–H groups in total. The van der Waals surface area contributed by atoms with Crippen molar-refractivity contribution < 1.29 is 0 Å². The zero-order chi connectivity index (χ0) is 13.5. The van der Waals surface area contributed by atoms with Crippen LogP contribution in [0.4, 0.5) is 0 Å². The van der Waals surface area contributed by atoms with Crippen molar-refractivity contribution in [2.24, 2.45) is 11.7 Å². The van der Waals surface area contributed by atoms with Gasteiger partial charge in [0.1, 0.15) is 0 Å². The molecular formula is C17H20N2S. The van der Waals surface area contributed by atoms with Gasteiger partial charge in [-0.05, 0) is 42.0 Å². The molecule has 0 bridgehead atoms. The Morgan fingerprint density at radius 1 is 1.25 bits per heavy atom. The summed E-state index contributed by atoms with van der Waals surface area (Å²) in [5.74, 6) is 2.56. The molecular weight excluding hydrogens is 264 g/mol. The van der Waals surface area contributed by atoms with Crippen LogP contribution < -0.4 is 5.73 Å². The Hall–Kier alpha value is -1.19. The second kappa shape index (κ2) is 4.97. The smallest absolute Gasteiger partial charge is 0.0338 e. The van der Waals surface area contributed by atoms with Gasteiger partial charge in [-0.25, -0.2) is 0 Å². The number of rotatable bonds is 4. The molecule has 2 atom stereocenters. The highest BCUT2D eigenvalue weighted by atomic mass is 32.2. The number of fused-ring (bicyclic) bond motifs is 1. The van der Waals surface area contributed by atoms with Gasteiger partial charge in [-0.15, -0.1) is 11.8 Å². The maximum absolute atomic E-state index is 6.28. The van der Waals surface area contributed by atoms with Crippen LogP contribution in [0.25, 0.3) is 0 Å². The summed E-state index contributed by atoms with van der Waals surface area (Å²) in [4.78, 5) is 1.46. The van der Waals surface area contributed by atoms with E-state index in [9.17, 15) is 0 Å². The number of nitrogens with zero attached hydrogens (tertiary/aromatic N) is 1. The van der Waals surface area contributed by atoms with Crippen molar-refractivity contribution in [3.63, 3.8) is 0 Å². The van der Waals surface area contributed by atoms with Gasteiger partial charge in [0.15, 0.2) is 0 Å². The standard InChI is InChI=1S/C17H20N2S/c18-17(12-5-6-12)13-7-8-19(9-13)10-14-11-20-16-4-2-1-3-15(14)16/h1-4,7-9,12,14,17H,5-6,10-11,18H2. The third-order valence-corrected chi connectivity index (χ3v) is 5.77. The molecule has 1 aromatic heterocycles. The molecule has 4 rings (SSSR count). The van der Waals surface area contributed by atoms with E-state index in [2.05, 4.69) is 47.3 Å². The lowest BCUT2D eigenvalue weighted by Gasteiger charge is -2.12. The minimum Gasteiger partial charge on any atom is -0.353 e. The summed E-state index contributed by atoms with van der Waals surface area (Å²) in [5, 5.41) is 0. The van der Waals surface area contributed by atoms with Crippen LogP contribution in [-0.2, 0) is 6.54 Å². The van der Waals surface area contributed by atoms with Crippen molar-refractivity contribution in [1.82, 2.24) is 4.57 Å². The van der Waals surface area contributed by atoms with Crippen LogP contribution in [0.2, 0.25) is 0 Å². The zero-order valence-electron chi connectivity index (χ0n) is 11.5. The van der Waals surface area contributed by atoms with Crippen LogP contribution in [0.5, 0.6) is 0 Å². The molecule has 1 aliphatic carbocycles. The Kier molecular flexibility index (Phi) is 3.12. The van der Waals surface area contributed by atoms with Gasteiger partial charge in [-0.1, -0.05) is 18.2 Å². The lowest BCUT2D eigenvalue weighted by molar-refractivity contribution is 0.596. The summed E-state index contributed by atoms with van der Waals surface area (Å²) < 4.78 is 2.32. The van der Waals surface area contributed by atoms with Crippen molar-refractivity contribution in [2.45, 2.75) is 36.2 Å². The molecule has 2 heterocycles. The van der Waals surface area contributed by atoms with Crippen LogP contribution >= 0.6 is 11.8 Å². The summed E-state index contributed by atoms with van der Waals surface area (Å²) in [6, 6.07) is 11.3. The molecule has 2 nitrogen and oxygen atoms in total. The Balaban J connectivity index is 1.50. The van der Waals surface area contributed by atoms with Crippen molar-refractivity contribution in [3.05, 3.63) is 53.9 Å². The highest BCUT2D eigenvalue weighted by molar-refractivity contribution is 7.99. The van der Waals surface area contributed by atoms with E-state index in [1.54, 1.807) is 0 Å². The zero-order valence-corrected chi connectivity index (χ0v) is 12.4. The molecule has 104 valence electrons. The minimum atomic E-state index is 0.251. The first-order valence-electron chi connectivity index (χ1n) is 7.44. The van der Waals surface area contributed by atoms with Crippen molar-refractivity contribution >= 4 is 11.8 Å². The molecule has 2 aliphatic rings. The fourth-order valence-corrected chi connectivity index (χ4v) is 4.37. The molecule has 20 heavy (non-hydrogen) atoms. The van der Waals surface area contributed by atoms with Crippen molar-refractivity contribution in [1.29, 1.82) is 0 Å². The SMILES string of the molecule is NC(c1ccn(CC2CSc3ccccc32)c1)C1CC1. The highest BCUT2D eigenvalue weighted by Crippen LogP contribution is 2.41. The third kappa shape index (κ3) is 2.29. The maximum Gasteiger partial charge on any atom is 0.0338 e. The second-order valence-corrected chi connectivity index (χ2v) is 7.11. The van der Waals surface area contributed by atoms with Gasteiger partial charge >= 0.3 is 0 Å². The van der Waals surface area contributed by atoms with Gasteiger partial charge in [-0.3, -0.25) is 0 Å². The number of nitrogens with two attached hydrogens (primary N) is 1. The molecule has 2 aromatic rings. The maximum atomic E-state index is 6.28. The number of benzene rings is 1. The van der Waals surface area contributed by atoms with Crippen molar-refractivity contribution in [3.8, 4) is 0 Å². The predicted octanol–water partition coefficient (Wildman–Crippen LogP) is 3.79. The van der Waals surface area contributed by atoms with Gasteiger partial charge in [0, 0.05) is 41.5 Å². The minimum absolute atomic E-state index is 0.251. The van der Waals surface area contributed by atoms with Crippen LogP contribution in [-0.4, -0.2) is 10.3 Å². The molecule has 1 aliphatic heterocycles. The topological polar surface area (TPSA) is 30.9 Å². The lowest BCUT2D eigenvalue weighted by Crippen LogP contribution is -2.12. The fraction of sp³-hybridized carbons (Fsp3) is 0.412. The first-order chi connectivity index (χ1) is 9.81. The molecule has 1 aromatic carbocycles. The average Bonchev–Trinajstić information content (AvgIpc) is 3.10. The monoisotopic (exact) mass is 284 g/mol. The van der Waals surface area contributed by atoms with E-state index in [1.807, 2.05) is 11.8 Å². The van der Waals surface area contributed by atoms with Crippen LogP contribution in [0.3, 0.4) is 0 Å². The normalized spacial score (nSPS) is 22.8. The number of aromatic nitrogens is 1.